The van der Waals surface area contributed by atoms with E-state index in [-0.39, 0.29) is 5.91 Å². The van der Waals surface area contributed by atoms with Crippen molar-refractivity contribution in [2.24, 2.45) is 11.8 Å². The maximum atomic E-state index is 11.9. The third-order valence-corrected chi connectivity index (χ3v) is 4.54. The van der Waals surface area contributed by atoms with Gasteiger partial charge in [-0.25, -0.2) is 0 Å². The predicted octanol–water partition coefficient (Wildman–Crippen LogP) is 3.16. The Kier molecular flexibility index (Phi) is 5.04. The van der Waals surface area contributed by atoms with Crippen LogP contribution in [0.25, 0.3) is 0 Å². The number of hydrogen-bond donors (Lipinski definition) is 1. The van der Waals surface area contributed by atoms with E-state index < -0.39 is 0 Å². The Morgan fingerprint density at radius 1 is 1.06 bits per heavy atom. The van der Waals surface area contributed by atoms with Gasteiger partial charge in [0.15, 0.2) is 0 Å². The minimum Gasteiger partial charge on any atom is -0.353 e. The summed E-state index contributed by atoms with van der Waals surface area (Å²) in [6.07, 6.45) is 10.8. The molecule has 0 spiro atoms. The molecule has 0 aromatic carbocycles. The number of rotatable bonds is 4. The summed E-state index contributed by atoms with van der Waals surface area (Å²) in [5.74, 6) is 1.46. The van der Waals surface area contributed by atoms with Crippen LogP contribution in [0.1, 0.15) is 64.2 Å². The second-order valence-electron chi connectivity index (χ2n) is 6.00. The number of nitrogens with one attached hydrogen (secondary N) is 1. The summed E-state index contributed by atoms with van der Waals surface area (Å²) < 4.78 is 0. The molecule has 0 saturated heterocycles. The fourth-order valence-corrected chi connectivity index (χ4v) is 3.40. The molecule has 0 heterocycles. The molecule has 1 amide bonds. The number of nitriles is 1. The summed E-state index contributed by atoms with van der Waals surface area (Å²) in [7, 11) is 0. The highest BCUT2D eigenvalue weighted by Crippen LogP contribution is 2.29. The van der Waals surface area contributed by atoms with Gasteiger partial charge in [0.2, 0.25) is 5.91 Å². The van der Waals surface area contributed by atoms with Gasteiger partial charge in [-0.3, -0.25) is 4.79 Å². The van der Waals surface area contributed by atoms with E-state index in [0.29, 0.717) is 24.3 Å². The normalized spacial score (nSPS) is 28.8. The zero-order valence-electron chi connectivity index (χ0n) is 11.2. The molecule has 0 atom stereocenters. The van der Waals surface area contributed by atoms with Crippen molar-refractivity contribution in [3.63, 3.8) is 0 Å². The summed E-state index contributed by atoms with van der Waals surface area (Å²) in [6.45, 7) is 0. The Bertz CT molecular complexity index is 307. The summed E-state index contributed by atoms with van der Waals surface area (Å²) in [5.41, 5.74) is 0. The number of nitrogens with zero attached hydrogens (tertiary/aromatic N) is 1. The van der Waals surface area contributed by atoms with Crippen LogP contribution in [0.3, 0.4) is 0 Å². The molecule has 2 aliphatic carbocycles. The minimum absolute atomic E-state index is 0.255. The molecule has 2 saturated carbocycles. The Balaban J connectivity index is 1.64. The summed E-state index contributed by atoms with van der Waals surface area (Å²) in [4.78, 5) is 11.9. The first kappa shape index (κ1) is 13.4. The van der Waals surface area contributed by atoms with Crippen molar-refractivity contribution in [2.75, 3.05) is 0 Å². The quantitative estimate of drug-likeness (QED) is 0.831. The van der Waals surface area contributed by atoms with Gasteiger partial charge in [0.25, 0.3) is 0 Å². The first-order chi connectivity index (χ1) is 8.78. The lowest BCUT2D eigenvalue weighted by Crippen LogP contribution is -2.38. The molecule has 0 bridgehead atoms. The van der Waals surface area contributed by atoms with E-state index in [0.717, 1.165) is 32.1 Å². The molecule has 2 aliphatic rings. The largest absolute Gasteiger partial charge is 0.353 e. The standard InChI is InChI=1S/C15H24N2O/c16-10-9-12-5-7-14(8-6-12)17-15(18)11-13-3-1-2-4-13/h12-14H,1-9,11H2,(H,17,18). The van der Waals surface area contributed by atoms with Crippen molar-refractivity contribution in [1.29, 1.82) is 5.26 Å². The SMILES string of the molecule is N#CCC1CCC(NC(=O)CC2CCCC2)CC1. The van der Waals surface area contributed by atoms with Crippen molar-refractivity contribution in [3.8, 4) is 6.07 Å². The van der Waals surface area contributed by atoms with Crippen LogP contribution in [0.5, 0.6) is 0 Å². The van der Waals surface area contributed by atoms with Gasteiger partial charge in [0.05, 0.1) is 6.07 Å². The van der Waals surface area contributed by atoms with Gasteiger partial charge in [-0.15, -0.1) is 0 Å². The van der Waals surface area contributed by atoms with E-state index in [2.05, 4.69) is 11.4 Å². The van der Waals surface area contributed by atoms with Crippen LogP contribution >= 0.6 is 0 Å². The molecule has 0 aromatic rings. The Labute approximate surface area is 110 Å². The van der Waals surface area contributed by atoms with Crippen LogP contribution in [0.15, 0.2) is 0 Å². The van der Waals surface area contributed by atoms with Crippen molar-refractivity contribution in [3.05, 3.63) is 0 Å². The van der Waals surface area contributed by atoms with Gasteiger partial charge in [0.1, 0.15) is 0 Å². The zero-order chi connectivity index (χ0) is 12.8. The summed E-state index contributed by atoms with van der Waals surface area (Å²) in [6, 6.07) is 2.62. The van der Waals surface area contributed by atoms with Crippen LogP contribution in [-0.4, -0.2) is 11.9 Å². The predicted molar refractivity (Wildman–Crippen MR) is 70.7 cm³/mol. The van der Waals surface area contributed by atoms with Crippen LogP contribution in [0.4, 0.5) is 0 Å². The monoisotopic (exact) mass is 248 g/mol. The zero-order valence-corrected chi connectivity index (χ0v) is 11.2. The Hall–Kier alpha value is -1.04. The number of amides is 1. The maximum absolute atomic E-state index is 11.9. The lowest BCUT2D eigenvalue weighted by Gasteiger charge is -2.28. The molecule has 3 nitrogen and oxygen atoms in total. The van der Waals surface area contributed by atoms with E-state index in [1.165, 1.54) is 25.7 Å². The highest BCUT2D eigenvalue weighted by atomic mass is 16.1. The average molecular weight is 248 g/mol. The van der Waals surface area contributed by atoms with Crippen LogP contribution in [0, 0.1) is 23.2 Å². The molecule has 2 fully saturated rings. The van der Waals surface area contributed by atoms with Gasteiger partial charge < -0.3 is 5.32 Å². The van der Waals surface area contributed by atoms with E-state index >= 15 is 0 Å². The van der Waals surface area contributed by atoms with E-state index in [1.807, 2.05) is 0 Å². The Morgan fingerprint density at radius 2 is 1.72 bits per heavy atom. The fraction of sp³-hybridized carbons (Fsp3) is 0.867. The topological polar surface area (TPSA) is 52.9 Å². The van der Waals surface area contributed by atoms with Crippen molar-refractivity contribution in [2.45, 2.75) is 70.3 Å². The molecule has 0 aromatic heterocycles. The van der Waals surface area contributed by atoms with E-state index in [9.17, 15) is 4.79 Å². The second-order valence-corrected chi connectivity index (χ2v) is 6.00. The number of carbonyl (C=O) groups is 1. The van der Waals surface area contributed by atoms with Gasteiger partial charge in [0, 0.05) is 18.9 Å². The molecule has 2 rings (SSSR count). The van der Waals surface area contributed by atoms with Crippen molar-refractivity contribution in [1.82, 2.24) is 5.32 Å². The summed E-state index contributed by atoms with van der Waals surface area (Å²) in [5, 5.41) is 11.9. The first-order valence-corrected chi connectivity index (χ1v) is 7.44. The van der Waals surface area contributed by atoms with Crippen molar-refractivity contribution < 1.29 is 4.79 Å². The van der Waals surface area contributed by atoms with Crippen LogP contribution in [-0.2, 0) is 4.79 Å². The highest BCUT2D eigenvalue weighted by molar-refractivity contribution is 5.76. The number of hydrogen-bond acceptors (Lipinski definition) is 2. The molecular formula is C15H24N2O. The lowest BCUT2D eigenvalue weighted by molar-refractivity contribution is -0.122. The van der Waals surface area contributed by atoms with Gasteiger partial charge in [-0.2, -0.15) is 5.26 Å². The highest BCUT2D eigenvalue weighted by Gasteiger charge is 2.24. The van der Waals surface area contributed by atoms with Gasteiger partial charge >= 0.3 is 0 Å². The third kappa shape index (κ3) is 4.01. The van der Waals surface area contributed by atoms with Gasteiger partial charge in [-0.05, 0) is 50.4 Å². The fourth-order valence-electron chi connectivity index (χ4n) is 3.40. The molecule has 18 heavy (non-hydrogen) atoms. The second kappa shape index (κ2) is 6.78. The molecule has 3 heteroatoms. The van der Waals surface area contributed by atoms with Crippen LogP contribution < -0.4 is 5.32 Å². The minimum atomic E-state index is 0.255. The average Bonchev–Trinajstić information content (AvgIpc) is 2.84. The molecule has 0 aliphatic heterocycles. The van der Waals surface area contributed by atoms with E-state index in [4.69, 9.17) is 5.26 Å². The van der Waals surface area contributed by atoms with E-state index in [1.54, 1.807) is 0 Å². The lowest BCUT2D eigenvalue weighted by atomic mass is 9.84. The molecular weight excluding hydrogens is 224 g/mol. The molecule has 100 valence electrons. The van der Waals surface area contributed by atoms with Crippen molar-refractivity contribution >= 4 is 5.91 Å². The first-order valence-electron chi connectivity index (χ1n) is 7.44. The van der Waals surface area contributed by atoms with Crippen LogP contribution in [0.2, 0.25) is 0 Å². The summed E-state index contributed by atoms with van der Waals surface area (Å²) >= 11 is 0. The Morgan fingerprint density at radius 3 is 2.33 bits per heavy atom. The molecule has 0 radical (unpaired) electrons. The number of carbonyl (C=O) groups excluding carboxylic acids is 1. The smallest absolute Gasteiger partial charge is 0.220 e. The third-order valence-electron chi connectivity index (χ3n) is 4.54. The maximum Gasteiger partial charge on any atom is 0.220 e. The molecule has 0 unspecified atom stereocenters. The molecule has 1 N–H and O–H groups in total. The van der Waals surface area contributed by atoms with Gasteiger partial charge in [-0.1, -0.05) is 12.8 Å².